The van der Waals surface area contributed by atoms with Gasteiger partial charge < -0.3 is 15.2 Å². The minimum Gasteiger partial charge on any atom is -0.396 e. The lowest BCUT2D eigenvalue weighted by atomic mass is 10.1. The van der Waals surface area contributed by atoms with Gasteiger partial charge in [0.2, 0.25) is 0 Å². The minimum atomic E-state index is 0.185. The second-order valence-corrected chi connectivity index (χ2v) is 2.78. The Bertz CT molecular complexity index is 220. The van der Waals surface area contributed by atoms with E-state index in [0.717, 1.165) is 24.1 Å². The molecular weight excluding hydrogens is 154 g/mol. The van der Waals surface area contributed by atoms with Crippen molar-refractivity contribution in [3.63, 3.8) is 0 Å². The first-order valence-corrected chi connectivity index (χ1v) is 4.25. The summed E-state index contributed by atoms with van der Waals surface area (Å²) >= 11 is 0. The molecule has 0 saturated heterocycles. The SMILES string of the molecule is OCCCc1[nH]ccc1CCO. The van der Waals surface area contributed by atoms with Crippen LogP contribution in [0.4, 0.5) is 0 Å². The summed E-state index contributed by atoms with van der Waals surface area (Å²) in [5.74, 6) is 0. The maximum atomic E-state index is 8.72. The Balaban J connectivity index is 2.51. The number of aliphatic hydroxyl groups is 2. The van der Waals surface area contributed by atoms with E-state index in [0.29, 0.717) is 6.42 Å². The molecule has 0 fully saturated rings. The van der Waals surface area contributed by atoms with Crippen LogP contribution in [0.5, 0.6) is 0 Å². The lowest BCUT2D eigenvalue weighted by Gasteiger charge is -2.00. The lowest BCUT2D eigenvalue weighted by Crippen LogP contribution is -1.96. The molecule has 1 rings (SSSR count). The maximum absolute atomic E-state index is 8.72. The Hall–Kier alpha value is -0.800. The number of aryl methyl sites for hydroxylation is 1. The molecular formula is C9H15NO2. The van der Waals surface area contributed by atoms with Gasteiger partial charge in [-0.25, -0.2) is 0 Å². The second kappa shape index (κ2) is 4.95. The summed E-state index contributed by atoms with van der Waals surface area (Å²) in [6, 6.07) is 1.98. The number of aliphatic hydroxyl groups excluding tert-OH is 2. The molecule has 0 saturated carbocycles. The van der Waals surface area contributed by atoms with Crippen molar-refractivity contribution in [2.24, 2.45) is 0 Å². The average molecular weight is 169 g/mol. The van der Waals surface area contributed by atoms with Gasteiger partial charge in [-0.3, -0.25) is 0 Å². The largest absolute Gasteiger partial charge is 0.396 e. The summed E-state index contributed by atoms with van der Waals surface area (Å²) in [5, 5.41) is 17.3. The van der Waals surface area contributed by atoms with Crippen molar-refractivity contribution in [1.82, 2.24) is 4.98 Å². The van der Waals surface area contributed by atoms with Crippen LogP contribution in [-0.2, 0) is 12.8 Å². The fourth-order valence-corrected chi connectivity index (χ4v) is 1.28. The molecule has 0 atom stereocenters. The standard InChI is InChI=1S/C9H15NO2/c11-6-1-2-9-8(4-7-12)3-5-10-9/h3,5,10-12H,1-2,4,6-7H2. The van der Waals surface area contributed by atoms with E-state index in [2.05, 4.69) is 4.98 Å². The highest BCUT2D eigenvalue weighted by Crippen LogP contribution is 2.09. The zero-order chi connectivity index (χ0) is 8.81. The number of H-pyrrole nitrogens is 1. The van der Waals surface area contributed by atoms with Crippen LogP contribution in [0.2, 0.25) is 0 Å². The molecule has 0 aromatic carbocycles. The van der Waals surface area contributed by atoms with Crippen LogP contribution in [0.15, 0.2) is 12.3 Å². The fraction of sp³-hybridized carbons (Fsp3) is 0.556. The van der Waals surface area contributed by atoms with Crippen molar-refractivity contribution in [2.45, 2.75) is 19.3 Å². The molecule has 0 aliphatic heterocycles. The summed E-state index contributed by atoms with van der Waals surface area (Å²) in [6.07, 6.45) is 4.21. The van der Waals surface area contributed by atoms with Gasteiger partial charge in [-0.1, -0.05) is 0 Å². The molecule has 0 aliphatic carbocycles. The number of aromatic amines is 1. The van der Waals surface area contributed by atoms with Crippen molar-refractivity contribution < 1.29 is 10.2 Å². The normalized spacial score (nSPS) is 10.5. The Morgan fingerprint density at radius 3 is 2.67 bits per heavy atom. The third-order valence-corrected chi connectivity index (χ3v) is 1.90. The van der Waals surface area contributed by atoms with Crippen LogP contribution in [0.25, 0.3) is 0 Å². The average Bonchev–Trinajstić information content (AvgIpc) is 2.50. The molecule has 1 aromatic rings. The molecule has 0 radical (unpaired) electrons. The highest BCUT2D eigenvalue weighted by molar-refractivity contribution is 5.20. The van der Waals surface area contributed by atoms with Crippen LogP contribution >= 0.6 is 0 Å². The molecule has 0 unspecified atom stereocenters. The zero-order valence-corrected chi connectivity index (χ0v) is 7.08. The molecule has 3 nitrogen and oxygen atoms in total. The van der Waals surface area contributed by atoms with E-state index in [1.54, 1.807) is 0 Å². The van der Waals surface area contributed by atoms with E-state index in [-0.39, 0.29) is 13.2 Å². The summed E-state index contributed by atoms with van der Waals surface area (Å²) in [7, 11) is 0. The smallest absolute Gasteiger partial charge is 0.0472 e. The van der Waals surface area contributed by atoms with Gasteiger partial charge in [-0.05, 0) is 30.9 Å². The predicted octanol–water partition coefficient (Wildman–Crippen LogP) is 0.474. The van der Waals surface area contributed by atoms with Gasteiger partial charge >= 0.3 is 0 Å². The van der Waals surface area contributed by atoms with Crippen LogP contribution in [0, 0.1) is 0 Å². The van der Waals surface area contributed by atoms with Crippen molar-refractivity contribution in [1.29, 1.82) is 0 Å². The predicted molar refractivity (Wildman–Crippen MR) is 47.0 cm³/mol. The topological polar surface area (TPSA) is 56.2 Å². The van der Waals surface area contributed by atoms with E-state index in [9.17, 15) is 0 Å². The first kappa shape index (κ1) is 9.29. The van der Waals surface area contributed by atoms with Gasteiger partial charge in [-0.2, -0.15) is 0 Å². The Morgan fingerprint density at radius 2 is 2.00 bits per heavy atom. The van der Waals surface area contributed by atoms with E-state index >= 15 is 0 Å². The minimum absolute atomic E-state index is 0.185. The number of nitrogens with one attached hydrogen (secondary N) is 1. The molecule has 1 heterocycles. The van der Waals surface area contributed by atoms with Gasteiger partial charge in [0.1, 0.15) is 0 Å². The summed E-state index contributed by atoms with van der Waals surface area (Å²) in [6.45, 7) is 0.404. The molecule has 0 bridgehead atoms. The molecule has 0 spiro atoms. The maximum Gasteiger partial charge on any atom is 0.0472 e. The summed E-state index contributed by atoms with van der Waals surface area (Å²) in [5.41, 5.74) is 2.30. The van der Waals surface area contributed by atoms with Crippen LogP contribution in [0.3, 0.4) is 0 Å². The fourth-order valence-electron chi connectivity index (χ4n) is 1.28. The van der Waals surface area contributed by atoms with Gasteiger partial charge in [0.25, 0.3) is 0 Å². The molecule has 1 aromatic heterocycles. The second-order valence-electron chi connectivity index (χ2n) is 2.78. The third kappa shape index (κ3) is 2.36. The first-order valence-electron chi connectivity index (χ1n) is 4.25. The zero-order valence-electron chi connectivity index (χ0n) is 7.08. The summed E-state index contributed by atoms with van der Waals surface area (Å²) in [4.78, 5) is 3.10. The van der Waals surface area contributed by atoms with E-state index < -0.39 is 0 Å². The van der Waals surface area contributed by atoms with Crippen molar-refractivity contribution in [2.75, 3.05) is 13.2 Å². The van der Waals surface area contributed by atoms with E-state index in [4.69, 9.17) is 10.2 Å². The Labute approximate surface area is 72.1 Å². The highest BCUT2D eigenvalue weighted by Gasteiger charge is 2.01. The quantitative estimate of drug-likeness (QED) is 0.600. The van der Waals surface area contributed by atoms with E-state index in [1.165, 1.54) is 0 Å². The molecule has 3 heteroatoms. The molecule has 68 valence electrons. The van der Waals surface area contributed by atoms with Crippen molar-refractivity contribution in [3.05, 3.63) is 23.5 Å². The highest BCUT2D eigenvalue weighted by atomic mass is 16.3. The van der Waals surface area contributed by atoms with Crippen LogP contribution < -0.4 is 0 Å². The monoisotopic (exact) mass is 169 g/mol. The van der Waals surface area contributed by atoms with Gasteiger partial charge in [0, 0.05) is 25.1 Å². The van der Waals surface area contributed by atoms with Gasteiger partial charge in [0.15, 0.2) is 0 Å². The van der Waals surface area contributed by atoms with Crippen molar-refractivity contribution in [3.8, 4) is 0 Å². The van der Waals surface area contributed by atoms with Crippen molar-refractivity contribution >= 4 is 0 Å². The van der Waals surface area contributed by atoms with Crippen LogP contribution in [0.1, 0.15) is 17.7 Å². The molecule has 12 heavy (non-hydrogen) atoms. The number of hydrogen-bond acceptors (Lipinski definition) is 2. The Kier molecular flexibility index (Phi) is 3.84. The van der Waals surface area contributed by atoms with Gasteiger partial charge in [0.05, 0.1) is 0 Å². The molecule has 3 N–H and O–H groups in total. The number of aromatic nitrogens is 1. The van der Waals surface area contributed by atoms with E-state index in [1.807, 2.05) is 12.3 Å². The Morgan fingerprint density at radius 1 is 1.17 bits per heavy atom. The molecule has 0 amide bonds. The molecule has 0 aliphatic rings. The first-order chi connectivity index (χ1) is 5.88. The third-order valence-electron chi connectivity index (χ3n) is 1.90. The lowest BCUT2D eigenvalue weighted by molar-refractivity contribution is 0.287. The summed E-state index contributed by atoms with van der Waals surface area (Å²) < 4.78 is 0. The van der Waals surface area contributed by atoms with Crippen LogP contribution in [-0.4, -0.2) is 28.4 Å². The number of rotatable bonds is 5. The van der Waals surface area contributed by atoms with Gasteiger partial charge in [-0.15, -0.1) is 0 Å². The number of hydrogen-bond donors (Lipinski definition) is 3.